The number of hydrogen-bond acceptors (Lipinski definition) is 3. The summed E-state index contributed by atoms with van der Waals surface area (Å²) in [6.07, 6.45) is 6.60. The lowest BCUT2D eigenvalue weighted by molar-refractivity contribution is 0.265. The summed E-state index contributed by atoms with van der Waals surface area (Å²) in [4.78, 5) is 0. The minimum absolute atomic E-state index is 0.589. The standard InChI is InChI=1S/C17H22ClNO2/c18-15-13-4-2-9-20-16(13)14(11-5-7-19-8-6-11)12-3-1-10-21-17(12)15/h11,19H,1-10H2. The van der Waals surface area contributed by atoms with Crippen LogP contribution in [0.3, 0.4) is 0 Å². The van der Waals surface area contributed by atoms with E-state index in [4.69, 9.17) is 21.1 Å². The van der Waals surface area contributed by atoms with Gasteiger partial charge in [-0.3, -0.25) is 0 Å². The summed E-state index contributed by atoms with van der Waals surface area (Å²) in [6, 6.07) is 0. The SMILES string of the molecule is Clc1c2c(c(C3CCNCC3)c3c1OCCC3)OCCC2. The lowest BCUT2D eigenvalue weighted by atomic mass is 9.82. The Morgan fingerprint density at radius 2 is 1.57 bits per heavy atom. The normalized spacial score (nSPS) is 22.0. The van der Waals surface area contributed by atoms with Crippen molar-refractivity contribution < 1.29 is 9.47 Å². The number of hydrogen-bond donors (Lipinski definition) is 1. The Hall–Kier alpha value is -0.930. The topological polar surface area (TPSA) is 30.5 Å². The van der Waals surface area contributed by atoms with Crippen molar-refractivity contribution in [1.82, 2.24) is 5.32 Å². The number of benzene rings is 1. The number of fused-ring (bicyclic) bond motifs is 2. The second-order valence-electron chi connectivity index (χ2n) is 6.27. The van der Waals surface area contributed by atoms with Gasteiger partial charge in [0.25, 0.3) is 0 Å². The van der Waals surface area contributed by atoms with Crippen LogP contribution in [0.5, 0.6) is 11.5 Å². The highest BCUT2D eigenvalue weighted by atomic mass is 35.5. The van der Waals surface area contributed by atoms with E-state index in [-0.39, 0.29) is 0 Å². The lowest BCUT2D eigenvalue weighted by Crippen LogP contribution is -2.28. The molecule has 4 heteroatoms. The summed E-state index contributed by atoms with van der Waals surface area (Å²) >= 11 is 6.64. The van der Waals surface area contributed by atoms with E-state index in [1.54, 1.807) is 0 Å². The molecule has 1 fully saturated rings. The monoisotopic (exact) mass is 307 g/mol. The Morgan fingerprint density at radius 1 is 0.905 bits per heavy atom. The van der Waals surface area contributed by atoms with E-state index in [0.29, 0.717) is 5.92 Å². The largest absolute Gasteiger partial charge is 0.493 e. The van der Waals surface area contributed by atoms with Gasteiger partial charge in [0.2, 0.25) is 0 Å². The van der Waals surface area contributed by atoms with E-state index >= 15 is 0 Å². The van der Waals surface area contributed by atoms with Gasteiger partial charge in [0.05, 0.1) is 18.2 Å². The van der Waals surface area contributed by atoms with Crippen molar-refractivity contribution >= 4 is 11.6 Å². The third-order valence-electron chi connectivity index (χ3n) is 4.96. The predicted molar refractivity (Wildman–Crippen MR) is 83.9 cm³/mol. The van der Waals surface area contributed by atoms with Gasteiger partial charge in [0.15, 0.2) is 0 Å². The molecule has 1 N–H and O–H groups in total. The van der Waals surface area contributed by atoms with Gasteiger partial charge in [-0.05, 0) is 57.5 Å². The van der Waals surface area contributed by atoms with Crippen LogP contribution >= 0.6 is 11.6 Å². The van der Waals surface area contributed by atoms with E-state index < -0.39 is 0 Å². The van der Waals surface area contributed by atoms with Gasteiger partial charge in [0, 0.05) is 16.7 Å². The average Bonchev–Trinajstić information content (AvgIpc) is 2.56. The van der Waals surface area contributed by atoms with Crippen molar-refractivity contribution in [3.63, 3.8) is 0 Å². The first kappa shape index (κ1) is 13.7. The van der Waals surface area contributed by atoms with Crippen molar-refractivity contribution in [2.75, 3.05) is 26.3 Å². The summed E-state index contributed by atoms with van der Waals surface area (Å²) in [5, 5.41) is 4.27. The van der Waals surface area contributed by atoms with Crippen LogP contribution in [0, 0.1) is 0 Å². The van der Waals surface area contributed by atoms with Gasteiger partial charge in [0.1, 0.15) is 11.5 Å². The molecule has 3 aliphatic heterocycles. The maximum absolute atomic E-state index is 6.64. The fourth-order valence-electron chi connectivity index (χ4n) is 3.97. The van der Waals surface area contributed by atoms with Crippen LogP contribution in [0.2, 0.25) is 5.02 Å². The minimum Gasteiger partial charge on any atom is -0.493 e. The average molecular weight is 308 g/mol. The van der Waals surface area contributed by atoms with Gasteiger partial charge >= 0.3 is 0 Å². The highest BCUT2D eigenvalue weighted by Gasteiger charge is 2.32. The summed E-state index contributed by atoms with van der Waals surface area (Å²) in [6.45, 7) is 3.80. The molecule has 4 rings (SSSR count). The van der Waals surface area contributed by atoms with Crippen molar-refractivity contribution in [2.45, 2.75) is 44.4 Å². The molecule has 0 spiro atoms. The van der Waals surface area contributed by atoms with Crippen LogP contribution in [0.1, 0.15) is 48.3 Å². The second kappa shape index (κ2) is 5.69. The summed E-state index contributed by atoms with van der Waals surface area (Å²) in [5.41, 5.74) is 3.95. The van der Waals surface area contributed by atoms with Crippen LogP contribution in [0.25, 0.3) is 0 Å². The molecule has 1 saturated heterocycles. The molecule has 0 aliphatic carbocycles. The molecule has 0 saturated carbocycles. The highest BCUT2D eigenvalue weighted by molar-refractivity contribution is 6.33. The molecule has 3 nitrogen and oxygen atoms in total. The van der Waals surface area contributed by atoms with E-state index in [0.717, 1.165) is 68.5 Å². The van der Waals surface area contributed by atoms with Crippen LogP contribution in [0.4, 0.5) is 0 Å². The molecule has 1 aromatic carbocycles. The zero-order chi connectivity index (χ0) is 14.2. The zero-order valence-corrected chi connectivity index (χ0v) is 13.1. The van der Waals surface area contributed by atoms with E-state index in [1.807, 2.05) is 0 Å². The maximum Gasteiger partial charge on any atom is 0.141 e. The molecule has 21 heavy (non-hydrogen) atoms. The molecular formula is C17H22ClNO2. The summed E-state index contributed by atoms with van der Waals surface area (Å²) in [5.74, 6) is 2.65. The number of nitrogens with one attached hydrogen (secondary N) is 1. The Balaban J connectivity index is 1.89. The van der Waals surface area contributed by atoms with Crippen molar-refractivity contribution in [3.05, 3.63) is 21.7 Å². The second-order valence-corrected chi connectivity index (χ2v) is 6.65. The first-order chi connectivity index (χ1) is 10.4. The van der Waals surface area contributed by atoms with Gasteiger partial charge < -0.3 is 14.8 Å². The molecular weight excluding hydrogens is 286 g/mol. The smallest absolute Gasteiger partial charge is 0.141 e. The molecule has 0 amide bonds. The Morgan fingerprint density at radius 3 is 2.33 bits per heavy atom. The van der Waals surface area contributed by atoms with Crippen LogP contribution < -0.4 is 14.8 Å². The summed E-state index contributed by atoms with van der Waals surface area (Å²) in [7, 11) is 0. The van der Waals surface area contributed by atoms with E-state index in [9.17, 15) is 0 Å². The molecule has 0 radical (unpaired) electrons. The molecule has 0 unspecified atom stereocenters. The van der Waals surface area contributed by atoms with E-state index in [1.165, 1.54) is 29.5 Å². The van der Waals surface area contributed by atoms with Gasteiger partial charge in [-0.1, -0.05) is 11.6 Å². The zero-order valence-electron chi connectivity index (χ0n) is 12.3. The summed E-state index contributed by atoms with van der Waals surface area (Å²) < 4.78 is 12.0. The third-order valence-corrected chi connectivity index (χ3v) is 5.36. The Labute approximate surface area is 131 Å². The van der Waals surface area contributed by atoms with Crippen LogP contribution in [-0.4, -0.2) is 26.3 Å². The number of halogens is 1. The molecule has 0 aromatic heterocycles. The van der Waals surface area contributed by atoms with E-state index in [2.05, 4.69) is 5.32 Å². The molecule has 114 valence electrons. The fraction of sp³-hybridized carbons (Fsp3) is 0.647. The third kappa shape index (κ3) is 2.31. The molecule has 0 bridgehead atoms. The fourth-order valence-corrected chi connectivity index (χ4v) is 4.32. The number of rotatable bonds is 1. The van der Waals surface area contributed by atoms with Crippen molar-refractivity contribution in [3.8, 4) is 11.5 Å². The van der Waals surface area contributed by atoms with Crippen LogP contribution in [-0.2, 0) is 12.8 Å². The predicted octanol–water partition coefficient (Wildman–Crippen LogP) is 3.46. The molecule has 1 aromatic rings. The lowest BCUT2D eigenvalue weighted by Gasteiger charge is -2.33. The highest BCUT2D eigenvalue weighted by Crippen LogP contribution is 2.49. The molecule has 0 atom stereocenters. The quantitative estimate of drug-likeness (QED) is 0.862. The Kier molecular flexibility index (Phi) is 3.72. The van der Waals surface area contributed by atoms with Crippen LogP contribution in [0.15, 0.2) is 0 Å². The molecule has 3 heterocycles. The van der Waals surface area contributed by atoms with Gasteiger partial charge in [-0.2, -0.15) is 0 Å². The number of ether oxygens (including phenoxy) is 2. The first-order valence-corrected chi connectivity index (χ1v) is 8.57. The minimum atomic E-state index is 0.589. The van der Waals surface area contributed by atoms with Crippen molar-refractivity contribution in [2.24, 2.45) is 0 Å². The number of piperidine rings is 1. The van der Waals surface area contributed by atoms with Gasteiger partial charge in [-0.15, -0.1) is 0 Å². The van der Waals surface area contributed by atoms with Gasteiger partial charge in [-0.25, -0.2) is 0 Å². The maximum atomic E-state index is 6.64. The Bertz CT molecular complexity index is 515. The first-order valence-electron chi connectivity index (χ1n) is 8.19. The van der Waals surface area contributed by atoms with Crippen molar-refractivity contribution in [1.29, 1.82) is 0 Å². The molecule has 3 aliphatic rings.